The van der Waals surface area contributed by atoms with E-state index in [0.29, 0.717) is 0 Å². The van der Waals surface area contributed by atoms with E-state index in [4.69, 9.17) is 10.2 Å². The summed E-state index contributed by atoms with van der Waals surface area (Å²) in [6.07, 6.45) is -1.73. The lowest BCUT2D eigenvalue weighted by Crippen LogP contribution is -2.32. The highest BCUT2D eigenvalue weighted by Crippen LogP contribution is 2.11. The molecule has 0 unspecified atom stereocenters. The number of carboxylic acid groups (broad SMARTS) is 1. The summed E-state index contributed by atoms with van der Waals surface area (Å²) in [5.41, 5.74) is -1.70. The maximum atomic E-state index is 11.5. The Balaban J connectivity index is 2.57. The molecule has 0 fully saturated rings. The molecule has 0 aliphatic heterocycles. The fourth-order valence-electron chi connectivity index (χ4n) is 1.30. The van der Waals surface area contributed by atoms with Crippen LogP contribution >= 0.6 is 0 Å². The first-order chi connectivity index (χ1) is 8.97. The van der Waals surface area contributed by atoms with Crippen LogP contribution in [0, 0.1) is 0 Å². The van der Waals surface area contributed by atoms with Gasteiger partial charge < -0.3 is 14.9 Å². The first-order valence-electron chi connectivity index (χ1n) is 4.91. The van der Waals surface area contributed by atoms with Gasteiger partial charge in [-0.15, -0.1) is 5.10 Å². The predicted molar refractivity (Wildman–Crippen MR) is 60.8 cm³/mol. The molecule has 9 heteroatoms. The molecule has 0 spiro atoms. The van der Waals surface area contributed by atoms with Crippen molar-refractivity contribution in [3.8, 4) is 17.3 Å². The van der Waals surface area contributed by atoms with Gasteiger partial charge in [0.05, 0.1) is 5.69 Å². The standard InChI is InChI=1S/C10H7N3O6/c14-6-3-1-5(2-4-6)13-9(16)11-7(15)8(12-13)19-10(17)18/h1-4,14H,(H,17,18)(H,11,15,16). The van der Waals surface area contributed by atoms with Crippen molar-refractivity contribution in [2.75, 3.05) is 0 Å². The Morgan fingerprint density at radius 1 is 1.26 bits per heavy atom. The van der Waals surface area contributed by atoms with Crippen molar-refractivity contribution in [2.24, 2.45) is 0 Å². The first-order valence-corrected chi connectivity index (χ1v) is 4.91. The zero-order valence-electron chi connectivity index (χ0n) is 9.23. The number of hydrogen-bond acceptors (Lipinski definition) is 6. The Morgan fingerprint density at radius 3 is 2.47 bits per heavy atom. The number of H-pyrrole nitrogens is 1. The summed E-state index contributed by atoms with van der Waals surface area (Å²) in [5, 5.41) is 21.0. The molecule has 1 heterocycles. The zero-order chi connectivity index (χ0) is 14.0. The minimum absolute atomic E-state index is 0.0248. The van der Waals surface area contributed by atoms with Crippen LogP contribution in [0.25, 0.3) is 5.69 Å². The molecule has 0 atom stereocenters. The highest BCUT2D eigenvalue weighted by molar-refractivity contribution is 5.59. The summed E-state index contributed by atoms with van der Waals surface area (Å²) in [6.45, 7) is 0. The number of carbonyl (C=O) groups is 1. The third-order valence-corrected chi connectivity index (χ3v) is 2.08. The van der Waals surface area contributed by atoms with Crippen LogP contribution in [0.1, 0.15) is 0 Å². The molecule has 1 aromatic heterocycles. The van der Waals surface area contributed by atoms with Gasteiger partial charge in [-0.2, -0.15) is 4.68 Å². The highest BCUT2D eigenvalue weighted by Gasteiger charge is 2.12. The highest BCUT2D eigenvalue weighted by atomic mass is 16.7. The van der Waals surface area contributed by atoms with Gasteiger partial charge in [-0.1, -0.05) is 0 Å². The maximum absolute atomic E-state index is 11.5. The summed E-state index contributed by atoms with van der Waals surface area (Å²) in [5.74, 6) is -0.802. The lowest BCUT2D eigenvalue weighted by molar-refractivity contribution is 0.141. The van der Waals surface area contributed by atoms with Crippen molar-refractivity contribution in [1.82, 2.24) is 14.8 Å². The molecule has 0 radical (unpaired) electrons. The van der Waals surface area contributed by atoms with Gasteiger partial charge in [-0.05, 0) is 24.3 Å². The van der Waals surface area contributed by atoms with Crippen LogP contribution in [0.4, 0.5) is 4.79 Å². The molecule has 0 saturated heterocycles. The SMILES string of the molecule is O=C(O)Oc1nn(-c2ccc(O)cc2)c(=O)[nH]c1=O. The van der Waals surface area contributed by atoms with E-state index in [9.17, 15) is 14.4 Å². The lowest BCUT2D eigenvalue weighted by atomic mass is 10.3. The number of aromatic nitrogens is 3. The summed E-state index contributed by atoms with van der Waals surface area (Å²) in [7, 11) is 0. The molecule has 19 heavy (non-hydrogen) atoms. The molecule has 1 aromatic carbocycles. The summed E-state index contributed by atoms with van der Waals surface area (Å²) < 4.78 is 4.87. The van der Waals surface area contributed by atoms with Gasteiger partial charge in [0, 0.05) is 0 Å². The largest absolute Gasteiger partial charge is 0.512 e. The van der Waals surface area contributed by atoms with Crippen LogP contribution in [0.3, 0.4) is 0 Å². The normalized spacial score (nSPS) is 10.1. The average Bonchev–Trinajstić information content (AvgIpc) is 2.33. The van der Waals surface area contributed by atoms with Crippen LogP contribution < -0.4 is 16.0 Å². The second-order valence-electron chi connectivity index (χ2n) is 3.36. The number of rotatable bonds is 2. The number of ether oxygens (including phenoxy) is 1. The van der Waals surface area contributed by atoms with Gasteiger partial charge in [0.25, 0.3) is 0 Å². The van der Waals surface area contributed by atoms with Gasteiger partial charge in [0.2, 0.25) is 0 Å². The third-order valence-electron chi connectivity index (χ3n) is 2.08. The number of aromatic hydroxyl groups is 1. The van der Waals surface area contributed by atoms with Gasteiger partial charge in [-0.25, -0.2) is 9.59 Å². The van der Waals surface area contributed by atoms with E-state index in [1.165, 1.54) is 24.3 Å². The number of benzene rings is 1. The zero-order valence-corrected chi connectivity index (χ0v) is 9.23. The molecule has 98 valence electrons. The maximum Gasteiger partial charge on any atom is 0.512 e. The Labute approximate surface area is 104 Å². The van der Waals surface area contributed by atoms with Gasteiger partial charge in [-0.3, -0.25) is 9.78 Å². The van der Waals surface area contributed by atoms with E-state index < -0.39 is 23.3 Å². The molecule has 0 aliphatic rings. The Kier molecular flexibility index (Phi) is 3.02. The number of phenols is 1. The van der Waals surface area contributed by atoms with E-state index in [0.717, 1.165) is 4.68 Å². The van der Waals surface area contributed by atoms with Crippen LogP contribution in [0.5, 0.6) is 11.6 Å². The van der Waals surface area contributed by atoms with Gasteiger partial charge >= 0.3 is 23.3 Å². The quantitative estimate of drug-likeness (QED) is 0.633. The molecule has 0 saturated carbocycles. The van der Waals surface area contributed by atoms with Crippen molar-refractivity contribution in [3.63, 3.8) is 0 Å². The smallest absolute Gasteiger partial charge is 0.508 e. The van der Waals surface area contributed by atoms with Crippen molar-refractivity contribution < 1.29 is 19.7 Å². The van der Waals surface area contributed by atoms with E-state index in [1.807, 2.05) is 4.98 Å². The van der Waals surface area contributed by atoms with Gasteiger partial charge in [0.1, 0.15) is 5.75 Å². The van der Waals surface area contributed by atoms with Crippen LogP contribution in [0.15, 0.2) is 33.9 Å². The predicted octanol–water partition coefficient (Wildman–Crippen LogP) is -0.317. The molecule has 2 aromatic rings. The number of nitrogens with zero attached hydrogens (tertiary/aromatic N) is 2. The van der Waals surface area contributed by atoms with E-state index in [2.05, 4.69) is 9.84 Å². The van der Waals surface area contributed by atoms with Crippen LogP contribution in [-0.2, 0) is 0 Å². The molecule has 3 N–H and O–H groups in total. The minimum atomic E-state index is -1.73. The average molecular weight is 265 g/mol. The molecule has 0 amide bonds. The minimum Gasteiger partial charge on any atom is -0.508 e. The van der Waals surface area contributed by atoms with E-state index >= 15 is 0 Å². The van der Waals surface area contributed by atoms with E-state index in [-0.39, 0.29) is 11.4 Å². The Morgan fingerprint density at radius 2 is 1.89 bits per heavy atom. The summed E-state index contributed by atoms with van der Waals surface area (Å²) in [4.78, 5) is 35.0. The first kappa shape index (κ1) is 12.4. The molecular weight excluding hydrogens is 258 g/mol. The number of aromatic amines is 1. The second-order valence-corrected chi connectivity index (χ2v) is 3.36. The molecule has 2 rings (SSSR count). The van der Waals surface area contributed by atoms with Crippen molar-refractivity contribution >= 4 is 6.16 Å². The fourth-order valence-corrected chi connectivity index (χ4v) is 1.30. The third kappa shape index (κ3) is 2.60. The van der Waals surface area contributed by atoms with Crippen LogP contribution in [0.2, 0.25) is 0 Å². The van der Waals surface area contributed by atoms with Gasteiger partial charge in [0.15, 0.2) is 0 Å². The molecular formula is C10H7N3O6. The number of hydrogen-bond donors (Lipinski definition) is 3. The van der Waals surface area contributed by atoms with E-state index in [1.54, 1.807) is 0 Å². The molecule has 0 aliphatic carbocycles. The second kappa shape index (κ2) is 4.64. The lowest BCUT2D eigenvalue weighted by Gasteiger charge is -2.05. The molecule has 9 nitrogen and oxygen atoms in total. The van der Waals surface area contributed by atoms with Crippen molar-refractivity contribution in [1.29, 1.82) is 0 Å². The molecule has 0 bridgehead atoms. The fraction of sp³-hybridized carbons (Fsp3) is 0. The Hall–Kier alpha value is -3.10. The van der Waals surface area contributed by atoms with Crippen molar-refractivity contribution in [2.45, 2.75) is 0 Å². The Bertz CT molecular complexity index is 730. The van der Waals surface area contributed by atoms with Crippen LogP contribution in [-0.4, -0.2) is 31.1 Å². The number of nitrogens with one attached hydrogen (secondary N) is 1. The van der Waals surface area contributed by atoms with Crippen molar-refractivity contribution in [3.05, 3.63) is 45.1 Å². The number of phenolic OH excluding ortho intramolecular Hbond substituents is 1. The topological polar surface area (TPSA) is 135 Å². The monoisotopic (exact) mass is 265 g/mol. The summed E-state index contributed by atoms with van der Waals surface area (Å²) >= 11 is 0. The summed E-state index contributed by atoms with van der Waals surface area (Å²) in [6, 6.07) is 5.30.